The van der Waals surface area contributed by atoms with Crippen LogP contribution >= 0.6 is 0 Å². The number of carbonyl (C=O) groups is 1. The van der Waals surface area contributed by atoms with Gasteiger partial charge in [0.2, 0.25) is 5.91 Å². The summed E-state index contributed by atoms with van der Waals surface area (Å²) < 4.78 is 0. The van der Waals surface area contributed by atoms with E-state index in [4.69, 9.17) is 5.73 Å². The third-order valence-corrected chi connectivity index (χ3v) is 5.68. The van der Waals surface area contributed by atoms with Gasteiger partial charge in [-0.1, -0.05) is 37.1 Å². The minimum absolute atomic E-state index is 0.0110. The number of amides is 1. The maximum absolute atomic E-state index is 12.9. The molecule has 0 spiro atoms. The van der Waals surface area contributed by atoms with Gasteiger partial charge in [0.1, 0.15) is 0 Å². The molecule has 1 saturated carbocycles. The SMILES string of the molecule is Cc1ccccc1C1CCN(C(=O)C2CCCCC2(C)N)C1. The van der Waals surface area contributed by atoms with Gasteiger partial charge >= 0.3 is 0 Å². The molecule has 1 amide bonds. The number of carbonyl (C=O) groups excluding carboxylic acids is 1. The van der Waals surface area contributed by atoms with E-state index in [-0.39, 0.29) is 11.5 Å². The van der Waals surface area contributed by atoms with Crippen LogP contribution in [0.5, 0.6) is 0 Å². The van der Waals surface area contributed by atoms with Gasteiger partial charge in [-0.15, -0.1) is 0 Å². The molecule has 2 fully saturated rings. The Bertz CT molecular complexity index is 552. The standard InChI is InChI=1S/C19H28N2O/c1-14-7-3-4-8-16(14)15-10-12-21(13-15)18(22)17-9-5-6-11-19(17,2)20/h3-4,7-8,15,17H,5-6,9-13,20H2,1-2H3. The molecule has 22 heavy (non-hydrogen) atoms. The van der Waals surface area contributed by atoms with Gasteiger partial charge in [-0.3, -0.25) is 4.79 Å². The molecular weight excluding hydrogens is 272 g/mol. The summed E-state index contributed by atoms with van der Waals surface area (Å²) in [7, 11) is 0. The molecule has 3 atom stereocenters. The van der Waals surface area contributed by atoms with Gasteiger partial charge in [-0.25, -0.2) is 0 Å². The van der Waals surface area contributed by atoms with Crippen molar-refractivity contribution in [2.75, 3.05) is 13.1 Å². The third-order valence-electron chi connectivity index (χ3n) is 5.68. The number of hydrogen-bond donors (Lipinski definition) is 1. The first kappa shape index (κ1) is 15.5. The van der Waals surface area contributed by atoms with Gasteiger partial charge in [0.25, 0.3) is 0 Å². The van der Waals surface area contributed by atoms with Crippen molar-refractivity contribution in [1.29, 1.82) is 0 Å². The molecule has 120 valence electrons. The maximum Gasteiger partial charge on any atom is 0.227 e. The van der Waals surface area contributed by atoms with Gasteiger partial charge in [-0.05, 0) is 44.2 Å². The number of nitrogens with zero attached hydrogens (tertiary/aromatic N) is 1. The van der Waals surface area contributed by atoms with Gasteiger partial charge in [0.05, 0.1) is 5.92 Å². The topological polar surface area (TPSA) is 46.3 Å². The van der Waals surface area contributed by atoms with Crippen LogP contribution in [0.25, 0.3) is 0 Å². The van der Waals surface area contributed by atoms with E-state index in [2.05, 4.69) is 43.0 Å². The predicted octanol–water partition coefficient (Wildman–Crippen LogP) is 3.22. The van der Waals surface area contributed by atoms with E-state index in [1.54, 1.807) is 0 Å². The number of nitrogens with two attached hydrogens (primary N) is 1. The van der Waals surface area contributed by atoms with Crippen molar-refractivity contribution < 1.29 is 4.79 Å². The monoisotopic (exact) mass is 300 g/mol. The Morgan fingerprint density at radius 1 is 1.27 bits per heavy atom. The number of hydrogen-bond acceptors (Lipinski definition) is 2. The summed E-state index contributed by atoms with van der Waals surface area (Å²) in [5.41, 5.74) is 8.83. The molecule has 0 aromatic heterocycles. The second-order valence-electron chi connectivity index (χ2n) is 7.43. The number of benzene rings is 1. The molecule has 1 aromatic rings. The van der Waals surface area contributed by atoms with Crippen LogP contribution in [-0.4, -0.2) is 29.4 Å². The molecule has 3 nitrogen and oxygen atoms in total. The van der Waals surface area contributed by atoms with Crippen LogP contribution in [0.2, 0.25) is 0 Å². The lowest BCUT2D eigenvalue weighted by Crippen LogP contribution is -2.53. The molecule has 3 unspecified atom stereocenters. The van der Waals surface area contributed by atoms with Gasteiger partial charge in [0, 0.05) is 24.5 Å². The largest absolute Gasteiger partial charge is 0.342 e. The average Bonchev–Trinajstić information content (AvgIpc) is 2.96. The highest BCUT2D eigenvalue weighted by atomic mass is 16.2. The normalized spacial score (nSPS) is 32.2. The van der Waals surface area contributed by atoms with Crippen LogP contribution in [0.15, 0.2) is 24.3 Å². The summed E-state index contributed by atoms with van der Waals surface area (Å²) in [6, 6.07) is 8.56. The maximum atomic E-state index is 12.9. The molecule has 0 bridgehead atoms. The molecule has 0 radical (unpaired) electrons. The minimum atomic E-state index is -0.323. The summed E-state index contributed by atoms with van der Waals surface area (Å²) in [6.07, 6.45) is 5.29. The van der Waals surface area contributed by atoms with Crippen molar-refractivity contribution in [1.82, 2.24) is 4.90 Å². The molecule has 3 rings (SSSR count). The summed E-state index contributed by atoms with van der Waals surface area (Å²) in [5, 5.41) is 0. The van der Waals surface area contributed by atoms with E-state index in [0.29, 0.717) is 11.8 Å². The fraction of sp³-hybridized carbons (Fsp3) is 0.632. The molecular formula is C19H28N2O. The second-order valence-corrected chi connectivity index (χ2v) is 7.43. The van der Waals surface area contributed by atoms with Crippen LogP contribution in [0.4, 0.5) is 0 Å². The first-order chi connectivity index (χ1) is 10.5. The van der Waals surface area contributed by atoms with E-state index in [1.165, 1.54) is 11.1 Å². The fourth-order valence-corrected chi connectivity index (χ4v) is 4.24. The van der Waals surface area contributed by atoms with E-state index in [9.17, 15) is 4.79 Å². The van der Waals surface area contributed by atoms with Crippen molar-refractivity contribution >= 4 is 5.91 Å². The Morgan fingerprint density at radius 2 is 2.05 bits per heavy atom. The van der Waals surface area contributed by atoms with Crippen LogP contribution < -0.4 is 5.73 Å². The fourth-order valence-electron chi connectivity index (χ4n) is 4.24. The van der Waals surface area contributed by atoms with Crippen LogP contribution in [0.1, 0.15) is 56.1 Å². The molecule has 1 aliphatic carbocycles. The van der Waals surface area contributed by atoms with Crippen LogP contribution in [0, 0.1) is 12.8 Å². The van der Waals surface area contributed by atoms with Gasteiger partial charge in [-0.2, -0.15) is 0 Å². The Hall–Kier alpha value is -1.35. The number of aryl methyl sites for hydroxylation is 1. The number of likely N-dealkylation sites (tertiary alicyclic amines) is 1. The van der Waals surface area contributed by atoms with Crippen molar-refractivity contribution in [2.45, 2.75) is 57.4 Å². The van der Waals surface area contributed by atoms with E-state index < -0.39 is 0 Å². The van der Waals surface area contributed by atoms with E-state index in [0.717, 1.165) is 45.2 Å². The van der Waals surface area contributed by atoms with Crippen molar-refractivity contribution in [3.63, 3.8) is 0 Å². The Balaban J connectivity index is 1.70. The average molecular weight is 300 g/mol. The van der Waals surface area contributed by atoms with Crippen molar-refractivity contribution in [3.05, 3.63) is 35.4 Å². The molecule has 2 N–H and O–H groups in total. The van der Waals surface area contributed by atoms with Crippen molar-refractivity contribution in [2.24, 2.45) is 11.7 Å². The summed E-state index contributed by atoms with van der Waals surface area (Å²) in [5.74, 6) is 0.787. The smallest absolute Gasteiger partial charge is 0.227 e. The quantitative estimate of drug-likeness (QED) is 0.911. The highest BCUT2D eigenvalue weighted by Crippen LogP contribution is 2.36. The first-order valence-corrected chi connectivity index (χ1v) is 8.62. The third kappa shape index (κ3) is 2.91. The molecule has 2 aliphatic rings. The summed E-state index contributed by atoms with van der Waals surface area (Å²) in [6.45, 7) is 5.96. The van der Waals surface area contributed by atoms with Gasteiger partial charge in [0.15, 0.2) is 0 Å². The zero-order valence-electron chi connectivity index (χ0n) is 13.8. The summed E-state index contributed by atoms with van der Waals surface area (Å²) >= 11 is 0. The zero-order chi connectivity index (χ0) is 15.7. The Kier molecular flexibility index (Phi) is 4.26. The minimum Gasteiger partial charge on any atom is -0.342 e. The lowest BCUT2D eigenvalue weighted by atomic mass is 9.74. The van der Waals surface area contributed by atoms with E-state index in [1.807, 2.05) is 0 Å². The Labute approximate surface area is 133 Å². The van der Waals surface area contributed by atoms with Crippen LogP contribution in [0.3, 0.4) is 0 Å². The summed E-state index contributed by atoms with van der Waals surface area (Å²) in [4.78, 5) is 15.0. The van der Waals surface area contributed by atoms with Gasteiger partial charge < -0.3 is 10.6 Å². The highest BCUT2D eigenvalue weighted by Gasteiger charge is 2.41. The molecule has 1 saturated heterocycles. The number of rotatable bonds is 2. The molecule has 1 heterocycles. The molecule has 3 heteroatoms. The first-order valence-electron chi connectivity index (χ1n) is 8.62. The van der Waals surface area contributed by atoms with Crippen LogP contribution in [-0.2, 0) is 4.79 Å². The lowest BCUT2D eigenvalue weighted by Gasteiger charge is -2.39. The molecule has 1 aliphatic heterocycles. The second kappa shape index (κ2) is 6.04. The van der Waals surface area contributed by atoms with E-state index >= 15 is 0 Å². The zero-order valence-corrected chi connectivity index (χ0v) is 13.8. The predicted molar refractivity (Wildman–Crippen MR) is 89.7 cm³/mol. The highest BCUT2D eigenvalue weighted by molar-refractivity contribution is 5.80. The lowest BCUT2D eigenvalue weighted by molar-refractivity contribution is -0.137. The van der Waals surface area contributed by atoms with Crippen molar-refractivity contribution in [3.8, 4) is 0 Å². The molecule has 1 aromatic carbocycles. The Morgan fingerprint density at radius 3 is 2.77 bits per heavy atom.